The summed E-state index contributed by atoms with van der Waals surface area (Å²) in [5.41, 5.74) is 1.32. The first-order chi connectivity index (χ1) is 5.68. The van der Waals surface area contributed by atoms with Crippen molar-refractivity contribution in [2.24, 2.45) is 0 Å². The van der Waals surface area contributed by atoms with E-state index in [0.717, 1.165) is 25.9 Å². The average Bonchev–Trinajstić information content (AvgIpc) is 2.15. The van der Waals surface area contributed by atoms with E-state index in [1.54, 1.807) is 6.92 Å². The molecule has 68 valence electrons. The summed E-state index contributed by atoms with van der Waals surface area (Å²) in [6.45, 7) is 3.86. The third-order valence-electron chi connectivity index (χ3n) is 1.96. The largest absolute Gasteiger partial charge is 0.300 e. The molecule has 0 atom stereocenters. The molecule has 1 rings (SSSR count). The van der Waals surface area contributed by atoms with Crippen LogP contribution in [0.2, 0.25) is 0 Å². The third-order valence-corrected chi connectivity index (χ3v) is 2.92. The van der Waals surface area contributed by atoms with E-state index < -0.39 is 0 Å². The Morgan fingerprint density at radius 3 is 3.08 bits per heavy atom. The minimum Gasteiger partial charge on any atom is -0.300 e. The Hall–Kier alpha value is 0.1000. The Labute approximate surface area is 87.5 Å². The van der Waals surface area contributed by atoms with E-state index in [2.05, 4.69) is 32.1 Å². The molecule has 0 aliphatic carbocycles. The molecule has 2 nitrogen and oxygen atoms in total. The van der Waals surface area contributed by atoms with Crippen LogP contribution in [0.3, 0.4) is 0 Å². The van der Waals surface area contributed by atoms with E-state index in [9.17, 15) is 4.79 Å². The molecule has 0 unspecified atom stereocenters. The standard InChI is InChI=1S/C9H14INO/c1-8(12)7-9-3-2-5-11(10)6-4-9/h3H,2,4-7H2,1H3. The predicted molar refractivity (Wildman–Crippen MR) is 58.2 cm³/mol. The molecular formula is C9H14INO. The second-order valence-electron chi connectivity index (χ2n) is 3.19. The summed E-state index contributed by atoms with van der Waals surface area (Å²) in [6.07, 6.45) is 5.03. The van der Waals surface area contributed by atoms with Gasteiger partial charge in [0.05, 0.1) is 0 Å². The SMILES string of the molecule is CC(=O)CC1=CCCN(I)CC1. The van der Waals surface area contributed by atoms with Crippen molar-refractivity contribution in [2.75, 3.05) is 13.1 Å². The number of carbonyl (C=O) groups excluding carboxylic acids is 1. The van der Waals surface area contributed by atoms with Gasteiger partial charge in [-0.25, -0.2) is 3.11 Å². The summed E-state index contributed by atoms with van der Waals surface area (Å²) < 4.78 is 2.28. The van der Waals surface area contributed by atoms with Gasteiger partial charge in [0.15, 0.2) is 0 Å². The lowest BCUT2D eigenvalue weighted by Gasteiger charge is -2.09. The molecule has 0 aromatic heterocycles. The molecule has 0 aromatic rings. The number of carbonyl (C=O) groups is 1. The van der Waals surface area contributed by atoms with Gasteiger partial charge in [-0.15, -0.1) is 0 Å². The zero-order chi connectivity index (χ0) is 8.97. The summed E-state index contributed by atoms with van der Waals surface area (Å²) in [7, 11) is 0. The maximum atomic E-state index is 10.8. The van der Waals surface area contributed by atoms with Gasteiger partial charge in [0, 0.05) is 42.4 Å². The topological polar surface area (TPSA) is 20.3 Å². The first kappa shape index (κ1) is 10.2. The highest BCUT2D eigenvalue weighted by Crippen LogP contribution is 2.16. The van der Waals surface area contributed by atoms with Crippen molar-refractivity contribution in [3.63, 3.8) is 0 Å². The summed E-state index contributed by atoms with van der Waals surface area (Å²) in [4.78, 5) is 10.8. The number of ketones is 1. The molecule has 0 spiro atoms. The monoisotopic (exact) mass is 279 g/mol. The van der Waals surface area contributed by atoms with E-state index >= 15 is 0 Å². The van der Waals surface area contributed by atoms with Gasteiger partial charge in [-0.05, 0) is 19.8 Å². The van der Waals surface area contributed by atoms with Crippen LogP contribution in [0.25, 0.3) is 0 Å². The minimum absolute atomic E-state index is 0.281. The highest BCUT2D eigenvalue weighted by atomic mass is 127. The average molecular weight is 279 g/mol. The molecule has 0 bridgehead atoms. The van der Waals surface area contributed by atoms with Gasteiger partial charge in [-0.3, -0.25) is 4.79 Å². The van der Waals surface area contributed by atoms with Crippen molar-refractivity contribution in [2.45, 2.75) is 26.2 Å². The lowest BCUT2D eigenvalue weighted by atomic mass is 10.1. The van der Waals surface area contributed by atoms with E-state index in [4.69, 9.17) is 0 Å². The predicted octanol–water partition coefficient (Wildman–Crippen LogP) is 2.34. The molecule has 0 fully saturated rings. The molecule has 1 aliphatic heterocycles. The van der Waals surface area contributed by atoms with E-state index in [0.29, 0.717) is 6.42 Å². The van der Waals surface area contributed by atoms with Crippen LogP contribution in [0.4, 0.5) is 0 Å². The van der Waals surface area contributed by atoms with Crippen LogP contribution in [0.1, 0.15) is 26.2 Å². The quantitative estimate of drug-likeness (QED) is 0.439. The minimum atomic E-state index is 0.281. The number of halogens is 1. The fourth-order valence-electron chi connectivity index (χ4n) is 1.37. The smallest absolute Gasteiger partial charge is 0.133 e. The second kappa shape index (κ2) is 4.97. The fourth-order valence-corrected chi connectivity index (χ4v) is 1.89. The molecule has 3 heteroatoms. The normalized spacial score (nSPS) is 20.0. The Bertz CT molecular complexity index is 201. The van der Waals surface area contributed by atoms with Crippen LogP contribution in [-0.4, -0.2) is 22.0 Å². The summed E-state index contributed by atoms with van der Waals surface area (Å²) >= 11 is 2.34. The number of hydrogen-bond donors (Lipinski definition) is 0. The van der Waals surface area contributed by atoms with Crippen LogP contribution in [0, 0.1) is 0 Å². The maximum absolute atomic E-state index is 10.8. The lowest BCUT2D eigenvalue weighted by Crippen LogP contribution is -2.11. The molecule has 0 saturated heterocycles. The van der Waals surface area contributed by atoms with Gasteiger partial charge in [-0.1, -0.05) is 11.6 Å². The van der Waals surface area contributed by atoms with Gasteiger partial charge in [0.2, 0.25) is 0 Å². The zero-order valence-corrected chi connectivity index (χ0v) is 9.50. The Morgan fingerprint density at radius 1 is 1.67 bits per heavy atom. The first-order valence-electron chi connectivity index (χ1n) is 4.26. The fraction of sp³-hybridized carbons (Fsp3) is 0.667. The Morgan fingerprint density at radius 2 is 2.42 bits per heavy atom. The Balaban J connectivity index is 2.43. The molecule has 0 radical (unpaired) electrons. The van der Waals surface area contributed by atoms with Gasteiger partial charge in [-0.2, -0.15) is 0 Å². The van der Waals surface area contributed by atoms with Crippen molar-refractivity contribution in [1.82, 2.24) is 3.11 Å². The molecular weight excluding hydrogens is 265 g/mol. The summed E-state index contributed by atoms with van der Waals surface area (Å²) in [6, 6.07) is 0. The van der Waals surface area contributed by atoms with Crippen molar-refractivity contribution in [1.29, 1.82) is 0 Å². The van der Waals surface area contributed by atoms with E-state index in [1.165, 1.54) is 5.57 Å². The van der Waals surface area contributed by atoms with Gasteiger partial charge >= 0.3 is 0 Å². The second-order valence-corrected chi connectivity index (χ2v) is 4.55. The molecule has 0 amide bonds. The number of rotatable bonds is 2. The Kier molecular flexibility index (Phi) is 4.21. The third kappa shape index (κ3) is 3.67. The highest BCUT2D eigenvalue weighted by Gasteiger charge is 2.08. The van der Waals surface area contributed by atoms with Crippen molar-refractivity contribution in [3.05, 3.63) is 11.6 Å². The van der Waals surface area contributed by atoms with Gasteiger partial charge in [0.1, 0.15) is 5.78 Å². The van der Waals surface area contributed by atoms with Gasteiger partial charge in [0.25, 0.3) is 0 Å². The van der Waals surface area contributed by atoms with Crippen LogP contribution < -0.4 is 0 Å². The van der Waals surface area contributed by atoms with Crippen LogP contribution >= 0.6 is 22.9 Å². The molecule has 1 heterocycles. The lowest BCUT2D eigenvalue weighted by molar-refractivity contribution is -0.116. The van der Waals surface area contributed by atoms with Crippen LogP contribution in [-0.2, 0) is 4.79 Å². The van der Waals surface area contributed by atoms with E-state index in [-0.39, 0.29) is 5.78 Å². The number of Topliss-reactive ketones (excluding diaryl/α,β-unsaturated/α-hetero) is 1. The molecule has 0 aromatic carbocycles. The molecule has 0 saturated carbocycles. The zero-order valence-electron chi connectivity index (χ0n) is 7.35. The van der Waals surface area contributed by atoms with E-state index in [1.807, 2.05) is 0 Å². The highest BCUT2D eigenvalue weighted by molar-refractivity contribution is 14.1. The first-order valence-corrected chi connectivity index (χ1v) is 5.23. The van der Waals surface area contributed by atoms with Crippen molar-refractivity contribution >= 4 is 28.6 Å². The summed E-state index contributed by atoms with van der Waals surface area (Å²) in [5.74, 6) is 0.281. The maximum Gasteiger partial charge on any atom is 0.133 e. The van der Waals surface area contributed by atoms with Gasteiger partial charge < -0.3 is 0 Å². The molecule has 12 heavy (non-hydrogen) atoms. The number of hydrogen-bond acceptors (Lipinski definition) is 2. The van der Waals surface area contributed by atoms with Crippen LogP contribution in [0.5, 0.6) is 0 Å². The van der Waals surface area contributed by atoms with Crippen molar-refractivity contribution in [3.8, 4) is 0 Å². The number of nitrogens with zero attached hydrogens (tertiary/aromatic N) is 1. The molecule has 0 N–H and O–H groups in total. The van der Waals surface area contributed by atoms with Crippen molar-refractivity contribution < 1.29 is 4.79 Å². The summed E-state index contributed by atoms with van der Waals surface area (Å²) in [5, 5.41) is 0. The van der Waals surface area contributed by atoms with Crippen LogP contribution in [0.15, 0.2) is 11.6 Å². The molecule has 1 aliphatic rings.